The van der Waals surface area contributed by atoms with Crippen LogP contribution in [0, 0.1) is 5.92 Å². The van der Waals surface area contributed by atoms with E-state index in [0.717, 1.165) is 12.8 Å². The summed E-state index contributed by atoms with van der Waals surface area (Å²) in [6.45, 7) is 4.23. The molecular formula is C12H17F. The van der Waals surface area contributed by atoms with Gasteiger partial charge in [-0.3, -0.25) is 0 Å². The second-order valence-electron chi connectivity index (χ2n) is 3.56. The maximum absolute atomic E-state index is 12.7. The van der Waals surface area contributed by atoms with Gasteiger partial charge >= 0.3 is 0 Å². The molecule has 0 nitrogen and oxygen atoms in total. The van der Waals surface area contributed by atoms with Crippen LogP contribution in [0.4, 0.5) is 4.39 Å². The topological polar surface area (TPSA) is 0 Å². The highest BCUT2D eigenvalue weighted by Gasteiger charge is 2.10. The zero-order valence-corrected chi connectivity index (χ0v) is 8.39. The fourth-order valence-electron chi connectivity index (χ4n) is 1.53. The number of allylic oxidation sites excluding steroid dienone is 6. The van der Waals surface area contributed by atoms with E-state index in [1.54, 1.807) is 6.08 Å². The van der Waals surface area contributed by atoms with E-state index in [1.165, 1.54) is 5.57 Å². The third-order valence-corrected chi connectivity index (χ3v) is 2.49. The molecule has 72 valence electrons. The largest absolute Gasteiger partial charge is 0.212 e. The Morgan fingerprint density at radius 2 is 2.23 bits per heavy atom. The zero-order chi connectivity index (χ0) is 9.68. The molecule has 0 aliphatic heterocycles. The first-order valence-corrected chi connectivity index (χ1v) is 4.90. The highest BCUT2D eigenvalue weighted by molar-refractivity contribution is 5.22. The molecule has 0 aromatic carbocycles. The third-order valence-electron chi connectivity index (χ3n) is 2.49. The highest BCUT2D eigenvalue weighted by Crippen LogP contribution is 2.26. The molecule has 0 radical (unpaired) electrons. The molecule has 0 fully saturated rings. The molecule has 1 aliphatic rings. The van der Waals surface area contributed by atoms with Gasteiger partial charge in [0.15, 0.2) is 0 Å². The second-order valence-corrected chi connectivity index (χ2v) is 3.56. The Morgan fingerprint density at radius 1 is 1.46 bits per heavy atom. The fraction of sp³-hybridized carbons (Fsp3) is 0.500. The molecule has 13 heavy (non-hydrogen) atoms. The quantitative estimate of drug-likeness (QED) is 0.572. The summed E-state index contributed by atoms with van der Waals surface area (Å²) in [5, 5.41) is 0. The molecule has 1 aliphatic carbocycles. The first kappa shape index (κ1) is 10.2. The molecule has 0 amide bonds. The van der Waals surface area contributed by atoms with Crippen molar-refractivity contribution >= 4 is 0 Å². The monoisotopic (exact) mass is 180 g/mol. The van der Waals surface area contributed by atoms with Gasteiger partial charge in [-0.05, 0) is 31.8 Å². The second kappa shape index (κ2) is 5.00. The van der Waals surface area contributed by atoms with Crippen LogP contribution in [0.5, 0.6) is 0 Å². The van der Waals surface area contributed by atoms with Crippen molar-refractivity contribution in [3.8, 4) is 0 Å². The summed E-state index contributed by atoms with van der Waals surface area (Å²) in [5.74, 6) is 0.572. The molecule has 0 aromatic heterocycles. The van der Waals surface area contributed by atoms with E-state index >= 15 is 0 Å². The molecule has 1 rings (SSSR count). The first-order valence-electron chi connectivity index (χ1n) is 4.90. The van der Waals surface area contributed by atoms with E-state index in [-0.39, 0.29) is 5.83 Å². The van der Waals surface area contributed by atoms with Crippen molar-refractivity contribution in [3.63, 3.8) is 0 Å². The average molecular weight is 180 g/mol. The van der Waals surface area contributed by atoms with Gasteiger partial charge in [-0.2, -0.15) is 0 Å². The van der Waals surface area contributed by atoms with Crippen LogP contribution in [0.2, 0.25) is 0 Å². The van der Waals surface area contributed by atoms with Gasteiger partial charge in [0.25, 0.3) is 0 Å². The van der Waals surface area contributed by atoms with Crippen molar-refractivity contribution in [3.05, 3.63) is 35.7 Å². The molecule has 1 atom stereocenters. The summed E-state index contributed by atoms with van der Waals surface area (Å²) in [7, 11) is 0. The van der Waals surface area contributed by atoms with Crippen molar-refractivity contribution in [2.24, 2.45) is 5.92 Å². The summed E-state index contributed by atoms with van der Waals surface area (Å²) in [4.78, 5) is 0. The summed E-state index contributed by atoms with van der Waals surface area (Å²) < 4.78 is 12.7. The molecular weight excluding hydrogens is 163 g/mol. The van der Waals surface area contributed by atoms with E-state index in [9.17, 15) is 4.39 Å². The van der Waals surface area contributed by atoms with E-state index in [1.807, 2.05) is 13.0 Å². The van der Waals surface area contributed by atoms with Gasteiger partial charge in [-0.1, -0.05) is 30.7 Å². The summed E-state index contributed by atoms with van der Waals surface area (Å²) in [6.07, 6.45) is 10.3. The molecule has 1 unspecified atom stereocenters. The van der Waals surface area contributed by atoms with Crippen LogP contribution in [-0.4, -0.2) is 0 Å². The normalized spacial score (nSPS) is 19.9. The highest BCUT2D eigenvalue weighted by atomic mass is 19.1. The first-order chi connectivity index (χ1) is 6.24. The van der Waals surface area contributed by atoms with Crippen molar-refractivity contribution in [2.75, 3.05) is 0 Å². The Kier molecular flexibility index (Phi) is 3.94. The van der Waals surface area contributed by atoms with Crippen LogP contribution < -0.4 is 0 Å². The minimum Gasteiger partial charge on any atom is -0.212 e. The van der Waals surface area contributed by atoms with Crippen LogP contribution in [-0.2, 0) is 0 Å². The van der Waals surface area contributed by atoms with E-state index < -0.39 is 0 Å². The summed E-state index contributed by atoms with van der Waals surface area (Å²) >= 11 is 0. The maximum atomic E-state index is 12.7. The molecule has 0 heterocycles. The molecule has 0 aromatic rings. The van der Waals surface area contributed by atoms with Crippen molar-refractivity contribution in [2.45, 2.75) is 33.1 Å². The zero-order valence-electron chi connectivity index (χ0n) is 8.39. The lowest BCUT2D eigenvalue weighted by Gasteiger charge is -2.16. The van der Waals surface area contributed by atoms with E-state index in [0.29, 0.717) is 12.3 Å². The van der Waals surface area contributed by atoms with Crippen molar-refractivity contribution in [1.29, 1.82) is 0 Å². The van der Waals surface area contributed by atoms with Gasteiger partial charge in [0.05, 0.1) is 0 Å². The van der Waals surface area contributed by atoms with Crippen LogP contribution in [0.15, 0.2) is 35.7 Å². The van der Waals surface area contributed by atoms with Crippen LogP contribution in [0.1, 0.15) is 33.1 Å². The Labute approximate surface area is 79.8 Å². The summed E-state index contributed by atoms with van der Waals surface area (Å²) in [5.41, 5.74) is 1.37. The Morgan fingerprint density at radius 3 is 2.77 bits per heavy atom. The third kappa shape index (κ3) is 3.17. The number of hydrogen-bond acceptors (Lipinski definition) is 0. The predicted molar refractivity (Wildman–Crippen MR) is 55.1 cm³/mol. The van der Waals surface area contributed by atoms with Crippen LogP contribution >= 0.6 is 0 Å². The van der Waals surface area contributed by atoms with Crippen molar-refractivity contribution < 1.29 is 4.39 Å². The molecule has 0 saturated carbocycles. The molecule has 0 saturated heterocycles. The molecule has 0 spiro atoms. The smallest absolute Gasteiger partial charge is 0.100 e. The lowest BCUT2D eigenvalue weighted by molar-refractivity contribution is 0.557. The Hall–Kier alpha value is -0.850. The van der Waals surface area contributed by atoms with Gasteiger partial charge in [0.2, 0.25) is 0 Å². The fourth-order valence-corrected chi connectivity index (χ4v) is 1.53. The van der Waals surface area contributed by atoms with E-state index in [4.69, 9.17) is 0 Å². The average Bonchev–Trinajstić information content (AvgIpc) is 2.15. The number of halogens is 1. The SMILES string of the molecule is C/C=C\CC(C)C1=CC=C(F)CC1. The minimum absolute atomic E-state index is 0.0157. The summed E-state index contributed by atoms with van der Waals surface area (Å²) in [6, 6.07) is 0. The minimum atomic E-state index is 0.0157. The van der Waals surface area contributed by atoms with Gasteiger partial charge in [-0.15, -0.1) is 0 Å². The number of rotatable bonds is 3. The number of hydrogen-bond donors (Lipinski definition) is 0. The molecule has 1 heteroatoms. The maximum Gasteiger partial charge on any atom is 0.100 e. The molecule has 0 bridgehead atoms. The standard InChI is InChI=1S/C12H17F/c1-3-4-5-10(2)11-6-8-12(13)9-7-11/h3-4,6,8,10H,5,7,9H2,1-2H3/b4-3-. The lowest BCUT2D eigenvalue weighted by Crippen LogP contribution is -2.01. The van der Waals surface area contributed by atoms with Crippen LogP contribution in [0.3, 0.4) is 0 Å². The predicted octanol–water partition coefficient (Wildman–Crippen LogP) is 4.16. The van der Waals surface area contributed by atoms with Crippen molar-refractivity contribution in [1.82, 2.24) is 0 Å². The van der Waals surface area contributed by atoms with Crippen LogP contribution in [0.25, 0.3) is 0 Å². The van der Waals surface area contributed by atoms with Gasteiger partial charge < -0.3 is 0 Å². The van der Waals surface area contributed by atoms with Gasteiger partial charge in [0.1, 0.15) is 5.83 Å². The Balaban J connectivity index is 2.52. The molecule has 0 N–H and O–H groups in total. The van der Waals surface area contributed by atoms with Gasteiger partial charge in [-0.25, -0.2) is 4.39 Å². The Bertz CT molecular complexity index is 246. The van der Waals surface area contributed by atoms with Gasteiger partial charge in [0, 0.05) is 6.42 Å². The van der Waals surface area contributed by atoms with E-state index in [2.05, 4.69) is 19.1 Å². The lowest BCUT2D eigenvalue weighted by atomic mass is 9.91.